The third-order valence-corrected chi connectivity index (χ3v) is 5.93. The van der Waals surface area contributed by atoms with Crippen LogP contribution >= 0.6 is 34.5 Å². The van der Waals surface area contributed by atoms with Crippen molar-refractivity contribution in [2.24, 2.45) is 0 Å². The van der Waals surface area contributed by atoms with Gasteiger partial charge in [0, 0.05) is 16.0 Å². The normalized spacial score (nSPS) is 10.5. The molecule has 0 atom stereocenters. The Kier molecular flexibility index (Phi) is 6.86. The molecule has 0 spiro atoms. The Balaban J connectivity index is 0.00000240. The first-order chi connectivity index (χ1) is 13.5. The van der Waals surface area contributed by atoms with Gasteiger partial charge in [0.2, 0.25) is 0 Å². The van der Waals surface area contributed by atoms with Gasteiger partial charge in [0.25, 0.3) is 0 Å². The standard InChI is InChI=1S/C23H18Cl2N2S.ClH/c1-15-3-8-18(9-4-15)26-23-27(19-10-5-16(2)6-11-19)22(14-28-23)20-12-7-17(24)13-21(20)25;/h3-14H,1-2H3;1H. The van der Waals surface area contributed by atoms with Crippen LogP contribution in [0.1, 0.15) is 11.1 Å². The van der Waals surface area contributed by atoms with E-state index in [1.54, 1.807) is 17.4 Å². The molecule has 1 N–H and O–H groups in total. The van der Waals surface area contributed by atoms with Crippen LogP contribution in [-0.4, -0.2) is 0 Å². The van der Waals surface area contributed by atoms with E-state index >= 15 is 0 Å². The first-order valence-electron chi connectivity index (χ1n) is 8.91. The number of aromatic nitrogens is 1. The molecule has 0 saturated heterocycles. The molecule has 29 heavy (non-hydrogen) atoms. The molecule has 4 rings (SSSR count). The Morgan fingerprint density at radius 2 is 1.45 bits per heavy atom. The Labute approximate surface area is 191 Å². The van der Waals surface area contributed by atoms with Gasteiger partial charge in [-0.2, -0.15) is 4.57 Å². The van der Waals surface area contributed by atoms with Gasteiger partial charge in [0.05, 0.1) is 5.02 Å². The van der Waals surface area contributed by atoms with Crippen molar-refractivity contribution in [3.63, 3.8) is 0 Å². The molecule has 4 aromatic rings. The van der Waals surface area contributed by atoms with Gasteiger partial charge in [-0.1, -0.05) is 69.9 Å². The zero-order chi connectivity index (χ0) is 19.7. The Hall–Kier alpha value is -2.04. The zero-order valence-electron chi connectivity index (χ0n) is 15.9. The van der Waals surface area contributed by atoms with Crippen LogP contribution in [0.15, 0.2) is 72.1 Å². The Morgan fingerprint density at radius 1 is 0.828 bits per heavy atom. The summed E-state index contributed by atoms with van der Waals surface area (Å²) in [7, 11) is 0. The quantitative estimate of drug-likeness (QED) is 0.446. The fraction of sp³-hybridized carbons (Fsp3) is 0.0870. The second-order valence-corrected chi connectivity index (χ2v) is 8.41. The summed E-state index contributed by atoms with van der Waals surface area (Å²) in [6.07, 6.45) is 0. The van der Waals surface area contributed by atoms with Crippen LogP contribution in [0.4, 0.5) is 10.8 Å². The van der Waals surface area contributed by atoms with Crippen molar-refractivity contribution >= 4 is 45.4 Å². The topological polar surface area (TPSA) is 15.9 Å². The molecule has 0 radical (unpaired) electrons. The van der Waals surface area contributed by atoms with Crippen LogP contribution in [0.3, 0.4) is 0 Å². The van der Waals surface area contributed by atoms with Gasteiger partial charge in [-0.15, -0.1) is 0 Å². The predicted octanol–water partition coefficient (Wildman–Crippen LogP) is 4.36. The van der Waals surface area contributed by atoms with Gasteiger partial charge in [0.15, 0.2) is 5.69 Å². The molecule has 2 nitrogen and oxygen atoms in total. The number of rotatable bonds is 4. The average molecular weight is 462 g/mol. The summed E-state index contributed by atoms with van der Waals surface area (Å²) in [4.78, 5) is 0. The fourth-order valence-electron chi connectivity index (χ4n) is 3.00. The van der Waals surface area contributed by atoms with Crippen LogP contribution in [-0.2, 0) is 0 Å². The number of thiazole rings is 1. The van der Waals surface area contributed by atoms with Gasteiger partial charge < -0.3 is 12.4 Å². The highest BCUT2D eigenvalue weighted by Crippen LogP contribution is 2.33. The molecule has 0 fully saturated rings. The largest absolute Gasteiger partial charge is 1.00 e. The van der Waals surface area contributed by atoms with E-state index < -0.39 is 0 Å². The Bertz CT molecular complexity index is 1120. The maximum Gasteiger partial charge on any atom is 0.344 e. The van der Waals surface area contributed by atoms with Crippen LogP contribution in [0, 0.1) is 13.8 Å². The Morgan fingerprint density at radius 3 is 2.07 bits per heavy atom. The second kappa shape index (κ2) is 9.19. The lowest BCUT2D eigenvalue weighted by molar-refractivity contribution is -0.563. The molecule has 1 aromatic heterocycles. The van der Waals surface area contributed by atoms with E-state index in [0.29, 0.717) is 10.0 Å². The molecule has 0 bridgehead atoms. The first-order valence-corrected chi connectivity index (χ1v) is 10.5. The van der Waals surface area contributed by atoms with Gasteiger partial charge in [-0.3, -0.25) is 0 Å². The average Bonchev–Trinajstić information content (AvgIpc) is 3.07. The molecule has 6 heteroatoms. The minimum absolute atomic E-state index is 0. The van der Waals surface area contributed by atoms with Gasteiger partial charge in [0.1, 0.15) is 11.4 Å². The molecule has 0 unspecified atom stereocenters. The van der Waals surface area contributed by atoms with E-state index in [-0.39, 0.29) is 12.4 Å². The summed E-state index contributed by atoms with van der Waals surface area (Å²) in [5.41, 5.74) is 6.53. The lowest BCUT2D eigenvalue weighted by Gasteiger charge is -2.08. The van der Waals surface area contributed by atoms with E-state index in [4.69, 9.17) is 23.2 Å². The van der Waals surface area contributed by atoms with Crippen LogP contribution in [0.2, 0.25) is 10.0 Å². The van der Waals surface area contributed by atoms with E-state index in [9.17, 15) is 0 Å². The third-order valence-electron chi connectivity index (χ3n) is 4.53. The molecule has 0 aliphatic carbocycles. The van der Waals surface area contributed by atoms with Gasteiger partial charge in [-0.25, -0.2) is 5.32 Å². The molecule has 0 saturated carbocycles. The minimum Gasteiger partial charge on any atom is -1.00 e. The van der Waals surface area contributed by atoms with E-state index in [1.165, 1.54) is 11.1 Å². The summed E-state index contributed by atoms with van der Waals surface area (Å²) in [6, 6.07) is 22.5. The van der Waals surface area contributed by atoms with Crippen molar-refractivity contribution < 1.29 is 17.0 Å². The number of hydrogen-bond donors (Lipinski definition) is 1. The third kappa shape index (κ3) is 4.76. The lowest BCUT2D eigenvalue weighted by atomic mass is 10.1. The maximum atomic E-state index is 6.52. The summed E-state index contributed by atoms with van der Waals surface area (Å²) < 4.78 is 2.19. The number of benzene rings is 3. The summed E-state index contributed by atoms with van der Waals surface area (Å²) >= 11 is 14.3. The SMILES string of the molecule is Cc1ccc(Nc2scc(-c3ccc(Cl)cc3Cl)[n+]2-c2ccc(C)cc2)cc1.[Cl-]. The summed E-state index contributed by atoms with van der Waals surface area (Å²) in [6.45, 7) is 4.17. The summed E-state index contributed by atoms with van der Waals surface area (Å²) in [5.74, 6) is 0. The number of nitrogens with zero attached hydrogens (tertiary/aromatic N) is 1. The minimum atomic E-state index is 0. The number of anilines is 2. The number of nitrogens with one attached hydrogen (secondary N) is 1. The van der Waals surface area contributed by atoms with Crippen LogP contribution < -0.4 is 22.3 Å². The highest BCUT2D eigenvalue weighted by molar-refractivity contribution is 7.13. The van der Waals surface area contributed by atoms with Crippen molar-refractivity contribution in [1.29, 1.82) is 0 Å². The highest BCUT2D eigenvalue weighted by Gasteiger charge is 2.23. The van der Waals surface area contributed by atoms with Crippen LogP contribution in [0.5, 0.6) is 0 Å². The monoisotopic (exact) mass is 460 g/mol. The van der Waals surface area contributed by atoms with E-state index in [1.807, 2.05) is 12.1 Å². The van der Waals surface area contributed by atoms with Crippen LogP contribution in [0.25, 0.3) is 16.9 Å². The number of aryl methyl sites for hydroxylation is 2. The molecular weight excluding hydrogens is 443 g/mol. The van der Waals surface area contributed by atoms with Crippen molar-refractivity contribution in [3.8, 4) is 16.9 Å². The maximum absolute atomic E-state index is 6.52. The smallest absolute Gasteiger partial charge is 0.344 e. The number of halogens is 3. The van der Waals surface area contributed by atoms with Gasteiger partial charge in [-0.05, 0) is 56.3 Å². The summed E-state index contributed by atoms with van der Waals surface area (Å²) in [5, 5.41) is 7.93. The molecule has 3 aromatic carbocycles. The zero-order valence-corrected chi connectivity index (χ0v) is 19.0. The number of hydrogen-bond acceptors (Lipinski definition) is 2. The fourth-order valence-corrected chi connectivity index (χ4v) is 4.45. The van der Waals surface area contributed by atoms with E-state index in [2.05, 4.69) is 77.6 Å². The van der Waals surface area contributed by atoms with Crippen molar-refractivity contribution in [1.82, 2.24) is 0 Å². The van der Waals surface area contributed by atoms with Gasteiger partial charge >= 0.3 is 5.13 Å². The van der Waals surface area contributed by atoms with E-state index in [0.717, 1.165) is 27.8 Å². The second-order valence-electron chi connectivity index (χ2n) is 6.71. The molecule has 0 aliphatic heterocycles. The molecule has 148 valence electrons. The molecule has 0 aliphatic rings. The lowest BCUT2D eigenvalue weighted by Crippen LogP contribution is -3.00. The predicted molar refractivity (Wildman–Crippen MR) is 121 cm³/mol. The van der Waals surface area contributed by atoms with Crippen molar-refractivity contribution in [2.75, 3.05) is 5.32 Å². The van der Waals surface area contributed by atoms with Crippen molar-refractivity contribution in [2.45, 2.75) is 13.8 Å². The highest BCUT2D eigenvalue weighted by atomic mass is 35.5. The molecule has 1 heterocycles. The van der Waals surface area contributed by atoms with Crippen molar-refractivity contribution in [3.05, 3.63) is 93.3 Å². The first kappa shape index (κ1) is 21.7. The molecule has 0 amide bonds. The molecular formula is C23H19Cl3N2S.